The van der Waals surface area contributed by atoms with Crippen molar-refractivity contribution < 1.29 is 4.79 Å². The number of carbonyl (C=O) groups excluding carboxylic acids is 1. The van der Waals surface area contributed by atoms with Gasteiger partial charge in [-0.05, 0) is 0 Å². The van der Waals surface area contributed by atoms with Crippen LogP contribution in [0.3, 0.4) is 0 Å². The van der Waals surface area contributed by atoms with E-state index in [1.54, 1.807) is 24.0 Å². The molecule has 0 atom stereocenters. The number of aromatic amines is 1. The number of aromatic nitrogens is 4. The van der Waals surface area contributed by atoms with Crippen molar-refractivity contribution in [3.8, 4) is 0 Å². The molecule has 0 aliphatic heterocycles. The lowest BCUT2D eigenvalue weighted by atomic mass is 10.3. The fourth-order valence-corrected chi connectivity index (χ4v) is 1.03. The van der Waals surface area contributed by atoms with Gasteiger partial charge >= 0.3 is 0 Å². The van der Waals surface area contributed by atoms with Crippen LogP contribution in [0.5, 0.6) is 0 Å². The van der Waals surface area contributed by atoms with Crippen LogP contribution < -0.4 is 5.32 Å². The van der Waals surface area contributed by atoms with Crippen molar-refractivity contribution in [2.75, 3.05) is 5.32 Å². The van der Waals surface area contributed by atoms with Crippen LogP contribution in [0.15, 0.2) is 24.8 Å². The summed E-state index contributed by atoms with van der Waals surface area (Å²) in [5, 5.41) is 8.89. The molecule has 72 valence electrons. The predicted octanol–water partition coefficient (Wildman–Crippen LogP) is 0.395. The second kappa shape index (κ2) is 3.33. The summed E-state index contributed by atoms with van der Waals surface area (Å²) >= 11 is 0. The van der Waals surface area contributed by atoms with E-state index in [0.29, 0.717) is 11.5 Å². The highest BCUT2D eigenvalue weighted by atomic mass is 16.1. The Hall–Kier alpha value is -2.11. The number of nitrogens with one attached hydrogen (secondary N) is 2. The molecule has 0 aromatic carbocycles. The van der Waals surface area contributed by atoms with E-state index in [2.05, 4.69) is 20.5 Å². The lowest BCUT2D eigenvalue weighted by molar-refractivity contribution is 0.102. The highest BCUT2D eigenvalue weighted by Crippen LogP contribution is 2.03. The van der Waals surface area contributed by atoms with Crippen molar-refractivity contribution >= 4 is 11.9 Å². The molecule has 2 heterocycles. The van der Waals surface area contributed by atoms with Crippen molar-refractivity contribution in [2.24, 2.45) is 7.05 Å². The first-order valence-corrected chi connectivity index (χ1v) is 4.05. The van der Waals surface area contributed by atoms with E-state index in [1.807, 2.05) is 0 Å². The molecule has 0 aliphatic rings. The first kappa shape index (κ1) is 8.49. The van der Waals surface area contributed by atoms with Crippen LogP contribution in [0, 0.1) is 0 Å². The fourth-order valence-electron chi connectivity index (χ4n) is 1.03. The molecule has 2 aromatic rings. The number of hydrogen-bond acceptors (Lipinski definition) is 3. The van der Waals surface area contributed by atoms with Crippen molar-refractivity contribution in [1.29, 1.82) is 0 Å². The molecule has 0 saturated heterocycles. The Bertz CT molecular complexity index is 430. The molecule has 2 aromatic heterocycles. The van der Waals surface area contributed by atoms with Gasteiger partial charge in [0.2, 0.25) is 5.95 Å². The Labute approximate surface area is 80.0 Å². The number of nitrogens with zero attached hydrogens (tertiary/aromatic N) is 3. The maximum absolute atomic E-state index is 11.5. The molecular weight excluding hydrogens is 182 g/mol. The average Bonchev–Trinajstić information content (AvgIpc) is 2.77. The maximum atomic E-state index is 11.5. The number of rotatable bonds is 2. The third kappa shape index (κ3) is 1.49. The number of hydrogen-bond donors (Lipinski definition) is 2. The third-order valence-corrected chi connectivity index (χ3v) is 1.81. The average molecular weight is 191 g/mol. The smallest absolute Gasteiger partial charge is 0.261 e. The number of amides is 1. The van der Waals surface area contributed by atoms with Crippen LogP contribution in [0.2, 0.25) is 0 Å². The van der Waals surface area contributed by atoms with Crippen molar-refractivity contribution in [3.05, 3.63) is 30.4 Å². The molecule has 2 N–H and O–H groups in total. The van der Waals surface area contributed by atoms with Crippen LogP contribution in [0.25, 0.3) is 0 Å². The van der Waals surface area contributed by atoms with E-state index in [9.17, 15) is 4.79 Å². The Kier molecular flexibility index (Phi) is 2.02. The first-order valence-electron chi connectivity index (χ1n) is 4.05. The zero-order valence-electron chi connectivity index (χ0n) is 7.56. The van der Waals surface area contributed by atoms with Gasteiger partial charge in [0.25, 0.3) is 5.91 Å². The Balaban J connectivity index is 2.13. The quantitative estimate of drug-likeness (QED) is 0.721. The van der Waals surface area contributed by atoms with E-state index in [1.165, 1.54) is 12.4 Å². The van der Waals surface area contributed by atoms with Crippen molar-refractivity contribution in [3.63, 3.8) is 0 Å². The van der Waals surface area contributed by atoms with Gasteiger partial charge in [-0.15, -0.1) is 0 Å². The monoisotopic (exact) mass is 191 g/mol. The van der Waals surface area contributed by atoms with Crippen LogP contribution >= 0.6 is 0 Å². The highest BCUT2D eigenvalue weighted by molar-refractivity contribution is 6.02. The minimum Gasteiger partial charge on any atom is -0.320 e. The zero-order chi connectivity index (χ0) is 9.97. The van der Waals surface area contributed by atoms with Gasteiger partial charge in [0.1, 0.15) is 0 Å². The lowest BCUT2D eigenvalue weighted by Crippen LogP contribution is -2.14. The standard InChI is InChI=1S/C8H9N5O/c1-13-3-2-9-8(13)12-7(14)6-4-10-11-5-6/h2-5H,1H3,(H,10,11)(H,9,12,14). The topological polar surface area (TPSA) is 75.6 Å². The molecular formula is C8H9N5O. The third-order valence-electron chi connectivity index (χ3n) is 1.81. The van der Waals surface area contributed by atoms with Gasteiger partial charge in [0.15, 0.2) is 0 Å². The van der Waals surface area contributed by atoms with Gasteiger partial charge in [0, 0.05) is 25.6 Å². The predicted molar refractivity (Wildman–Crippen MR) is 49.7 cm³/mol. The van der Waals surface area contributed by atoms with Gasteiger partial charge in [-0.25, -0.2) is 4.98 Å². The molecule has 6 nitrogen and oxygen atoms in total. The van der Waals surface area contributed by atoms with E-state index < -0.39 is 0 Å². The molecule has 2 rings (SSSR count). The SMILES string of the molecule is Cn1ccnc1NC(=O)c1cn[nH]c1. The summed E-state index contributed by atoms with van der Waals surface area (Å²) in [5.41, 5.74) is 0.480. The number of anilines is 1. The molecule has 0 saturated carbocycles. The second-order valence-corrected chi connectivity index (χ2v) is 2.80. The first-order chi connectivity index (χ1) is 6.77. The summed E-state index contributed by atoms with van der Waals surface area (Å²) < 4.78 is 1.72. The molecule has 0 aliphatic carbocycles. The number of carbonyl (C=O) groups is 1. The fraction of sp³-hybridized carbons (Fsp3) is 0.125. The number of aryl methyl sites for hydroxylation is 1. The van der Waals surface area contributed by atoms with Crippen LogP contribution in [-0.4, -0.2) is 25.7 Å². The molecule has 1 amide bonds. The zero-order valence-corrected chi connectivity index (χ0v) is 7.56. The van der Waals surface area contributed by atoms with E-state index in [4.69, 9.17) is 0 Å². The number of H-pyrrole nitrogens is 1. The Morgan fingerprint density at radius 1 is 1.64 bits per heavy atom. The summed E-state index contributed by atoms with van der Waals surface area (Å²) in [4.78, 5) is 15.5. The largest absolute Gasteiger partial charge is 0.320 e. The summed E-state index contributed by atoms with van der Waals surface area (Å²) in [6.45, 7) is 0. The van der Waals surface area contributed by atoms with Crippen molar-refractivity contribution in [1.82, 2.24) is 19.7 Å². The molecule has 14 heavy (non-hydrogen) atoms. The van der Waals surface area contributed by atoms with Gasteiger partial charge in [-0.1, -0.05) is 0 Å². The van der Waals surface area contributed by atoms with E-state index >= 15 is 0 Å². The van der Waals surface area contributed by atoms with Gasteiger partial charge in [0.05, 0.1) is 11.8 Å². The van der Waals surface area contributed by atoms with Gasteiger partial charge in [-0.2, -0.15) is 5.10 Å². The summed E-state index contributed by atoms with van der Waals surface area (Å²) in [6, 6.07) is 0. The van der Waals surface area contributed by atoms with Crippen molar-refractivity contribution in [2.45, 2.75) is 0 Å². The summed E-state index contributed by atoms with van der Waals surface area (Å²) in [7, 11) is 1.80. The maximum Gasteiger partial charge on any atom is 0.261 e. The van der Waals surface area contributed by atoms with Crippen LogP contribution in [-0.2, 0) is 7.05 Å². The second-order valence-electron chi connectivity index (χ2n) is 2.80. The summed E-state index contributed by atoms with van der Waals surface area (Å²) in [5.74, 6) is 0.282. The Morgan fingerprint density at radius 3 is 3.07 bits per heavy atom. The van der Waals surface area contributed by atoms with E-state index in [-0.39, 0.29) is 5.91 Å². The Morgan fingerprint density at radius 2 is 2.50 bits per heavy atom. The van der Waals surface area contributed by atoms with Gasteiger partial charge in [-0.3, -0.25) is 15.2 Å². The molecule has 0 unspecified atom stereocenters. The van der Waals surface area contributed by atoms with Crippen LogP contribution in [0.1, 0.15) is 10.4 Å². The molecule has 0 fully saturated rings. The van der Waals surface area contributed by atoms with Gasteiger partial charge < -0.3 is 4.57 Å². The highest BCUT2D eigenvalue weighted by Gasteiger charge is 2.08. The van der Waals surface area contributed by atoms with Crippen LogP contribution in [0.4, 0.5) is 5.95 Å². The molecule has 0 bridgehead atoms. The molecule has 0 radical (unpaired) electrons. The summed E-state index contributed by atoms with van der Waals surface area (Å²) in [6.07, 6.45) is 6.35. The molecule has 0 spiro atoms. The lowest BCUT2D eigenvalue weighted by Gasteiger charge is -2.01. The minimum atomic E-state index is -0.229. The number of imidazole rings is 1. The van der Waals surface area contributed by atoms with E-state index in [0.717, 1.165) is 0 Å². The molecule has 6 heteroatoms. The minimum absolute atomic E-state index is 0.229. The normalized spacial score (nSPS) is 10.1.